The van der Waals surface area contributed by atoms with E-state index in [0.29, 0.717) is 18.7 Å². The zero-order chi connectivity index (χ0) is 15.1. The van der Waals surface area contributed by atoms with E-state index in [1.165, 1.54) is 5.56 Å². The zero-order valence-electron chi connectivity index (χ0n) is 12.3. The topological polar surface area (TPSA) is 40.5 Å². The molecule has 2 aromatic rings. The highest BCUT2D eigenvalue weighted by Crippen LogP contribution is 2.11. The van der Waals surface area contributed by atoms with Crippen molar-refractivity contribution in [2.24, 2.45) is 0 Å². The molecule has 0 aliphatic carbocycles. The minimum absolute atomic E-state index is 0.0361. The monoisotopic (exact) mass is 283 g/mol. The molecule has 2 rings (SSSR count). The first kappa shape index (κ1) is 15.3. The molecule has 21 heavy (non-hydrogen) atoms. The van der Waals surface area contributed by atoms with E-state index >= 15 is 0 Å². The van der Waals surface area contributed by atoms with Gasteiger partial charge in [-0.3, -0.25) is 4.79 Å². The van der Waals surface area contributed by atoms with Crippen LogP contribution in [0.5, 0.6) is 0 Å². The Morgan fingerprint density at radius 1 is 1.00 bits per heavy atom. The van der Waals surface area contributed by atoms with Crippen molar-refractivity contribution in [3.63, 3.8) is 0 Å². The minimum atomic E-state index is -0.0458. The number of benzene rings is 2. The number of aliphatic hydroxyl groups excluding tert-OH is 1. The fraction of sp³-hybridized carbons (Fsp3) is 0.278. The van der Waals surface area contributed by atoms with Crippen LogP contribution in [0.1, 0.15) is 28.4 Å². The number of hydrogen-bond acceptors (Lipinski definition) is 2. The number of carbonyl (C=O) groups is 1. The summed E-state index contributed by atoms with van der Waals surface area (Å²) < 4.78 is 0. The van der Waals surface area contributed by atoms with E-state index in [2.05, 4.69) is 6.92 Å². The van der Waals surface area contributed by atoms with Crippen molar-refractivity contribution in [1.82, 2.24) is 4.90 Å². The molecule has 0 atom stereocenters. The standard InChI is InChI=1S/C18H21NO2/c1-2-15-8-10-17(11-9-15)18(21)19(12-13-20)14-16-6-4-3-5-7-16/h3-11,20H,2,12-14H2,1H3. The molecule has 2 aromatic carbocycles. The Balaban J connectivity index is 2.14. The van der Waals surface area contributed by atoms with Gasteiger partial charge in [0.1, 0.15) is 0 Å². The van der Waals surface area contributed by atoms with Crippen LogP contribution in [0.2, 0.25) is 0 Å². The quantitative estimate of drug-likeness (QED) is 0.885. The highest BCUT2D eigenvalue weighted by Gasteiger charge is 2.15. The van der Waals surface area contributed by atoms with Gasteiger partial charge in [0.2, 0.25) is 0 Å². The third-order valence-electron chi connectivity index (χ3n) is 3.48. The first-order chi connectivity index (χ1) is 10.2. The smallest absolute Gasteiger partial charge is 0.254 e. The molecule has 0 radical (unpaired) electrons. The van der Waals surface area contributed by atoms with Gasteiger partial charge in [0.15, 0.2) is 0 Å². The highest BCUT2D eigenvalue weighted by molar-refractivity contribution is 5.94. The summed E-state index contributed by atoms with van der Waals surface area (Å²) in [4.78, 5) is 14.2. The summed E-state index contributed by atoms with van der Waals surface area (Å²) in [5.74, 6) is -0.0458. The van der Waals surface area contributed by atoms with Crippen molar-refractivity contribution in [1.29, 1.82) is 0 Å². The number of aliphatic hydroxyl groups is 1. The molecule has 0 saturated heterocycles. The Morgan fingerprint density at radius 3 is 2.24 bits per heavy atom. The van der Waals surface area contributed by atoms with Gasteiger partial charge in [-0.05, 0) is 29.7 Å². The van der Waals surface area contributed by atoms with Crippen LogP contribution in [0.4, 0.5) is 0 Å². The van der Waals surface area contributed by atoms with Gasteiger partial charge >= 0.3 is 0 Å². The maximum Gasteiger partial charge on any atom is 0.254 e. The molecule has 0 saturated carbocycles. The number of nitrogens with zero attached hydrogens (tertiary/aromatic N) is 1. The van der Waals surface area contributed by atoms with Gasteiger partial charge in [-0.1, -0.05) is 49.4 Å². The summed E-state index contributed by atoms with van der Waals surface area (Å²) in [6.45, 7) is 2.90. The molecule has 0 fully saturated rings. The van der Waals surface area contributed by atoms with Crippen LogP contribution in [0.15, 0.2) is 54.6 Å². The number of aryl methyl sites for hydroxylation is 1. The van der Waals surface area contributed by atoms with Gasteiger partial charge in [-0.25, -0.2) is 0 Å². The second kappa shape index (κ2) is 7.60. The second-order valence-corrected chi connectivity index (χ2v) is 4.99. The summed E-state index contributed by atoms with van der Waals surface area (Å²) in [5.41, 5.74) is 2.93. The zero-order valence-corrected chi connectivity index (χ0v) is 12.3. The molecular formula is C18H21NO2. The van der Waals surface area contributed by atoms with Crippen LogP contribution < -0.4 is 0 Å². The summed E-state index contributed by atoms with van der Waals surface area (Å²) in [6, 6.07) is 17.5. The molecule has 0 aromatic heterocycles. The molecular weight excluding hydrogens is 262 g/mol. The summed E-state index contributed by atoms with van der Waals surface area (Å²) >= 11 is 0. The van der Waals surface area contributed by atoms with E-state index in [9.17, 15) is 9.90 Å². The molecule has 1 N–H and O–H groups in total. The van der Waals surface area contributed by atoms with Crippen LogP contribution in [-0.2, 0) is 13.0 Å². The van der Waals surface area contributed by atoms with Crippen molar-refractivity contribution >= 4 is 5.91 Å². The van der Waals surface area contributed by atoms with Crippen molar-refractivity contribution < 1.29 is 9.90 Å². The molecule has 0 aliphatic rings. The Morgan fingerprint density at radius 2 is 1.67 bits per heavy atom. The average molecular weight is 283 g/mol. The fourth-order valence-corrected chi connectivity index (χ4v) is 2.24. The summed E-state index contributed by atoms with van der Waals surface area (Å²) in [5, 5.41) is 9.20. The number of rotatable bonds is 6. The fourth-order valence-electron chi connectivity index (χ4n) is 2.24. The van der Waals surface area contributed by atoms with Gasteiger partial charge in [0, 0.05) is 18.7 Å². The number of carbonyl (C=O) groups excluding carboxylic acids is 1. The first-order valence-corrected chi connectivity index (χ1v) is 7.27. The van der Waals surface area contributed by atoms with Crippen LogP contribution in [-0.4, -0.2) is 29.1 Å². The van der Waals surface area contributed by atoms with Gasteiger partial charge in [0.05, 0.1) is 6.61 Å². The summed E-state index contributed by atoms with van der Waals surface area (Å²) in [6.07, 6.45) is 0.957. The molecule has 0 aliphatic heterocycles. The third kappa shape index (κ3) is 4.17. The lowest BCUT2D eigenvalue weighted by Crippen LogP contribution is -2.33. The predicted molar refractivity (Wildman–Crippen MR) is 84.1 cm³/mol. The van der Waals surface area contributed by atoms with Crippen molar-refractivity contribution in [3.05, 3.63) is 71.3 Å². The minimum Gasteiger partial charge on any atom is -0.395 e. The van der Waals surface area contributed by atoms with E-state index in [0.717, 1.165) is 12.0 Å². The second-order valence-electron chi connectivity index (χ2n) is 4.99. The van der Waals surface area contributed by atoms with Crippen molar-refractivity contribution in [2.75, 3.05) is 13.2 Å². The lowest BCUT2D eigenvalue weighted by molar-refractivity contribution is 0.0708. The van der Waals surface area contributed by atoms with Gasteiger partial charge in [-0.15, -0.1) is 0 Å². The Hall–Kier alpha value is -2.13. The van der Waals surface area contributed by atoms with Crippen LogP contribution in [0.3, 0.4) is 0 Å². The molecule has 0 bridgehead atoms. The van der Waals surface area contributed by atoms with Crippen LogP contribution in [0.25, 0.3) is 0 Å². The van der Waals surface area contributed by atoms with Crippen LogP contribution >= 0.6 is 0 Å². The predicted octanol–water partition coefficient (Wildman–Crippen LogP) is 2.88. The number of hydrogen-bond donors (Lipinski definition) is 1. The molecule has 110 valence electrons. The molecule has 3 heteroatoms. The lowest BCUT2D eigenvalue weighted by atomic mass is 10.1. The SMILES string of the molecule is CCc1ccc(C(=O)N(CCO)Cc2ccccc2)cc1. The van der Waals surface area contributed by atoms with Crippen molar-refractivity contribution in [2.45, 2.75) is 19.9 Å². The molecule has 3 nitrogen and oxygen atoms in total. The normalized spacial score (nSPS) is 10.4. The Bertz CT molecular complexity index is 564. The molecule has 1 amide bonds. The lowest BCUT2D eigenvalue weighted by Gasteiger charge is -2.22. The Kier molecular flexibility index (Phi) is 5.52. The number of amides is 1. The van der Waals surface area contributed by atoms with Gasteiger partial charge in [-0.2, -0.15) is 0 Å². The molecule has 0 spiro atoms. The molecule has 0 heterocycles. The highest BCUT2D eigenvalue weighted by atomic mass is 16.3. The average Bonchev–Trinajstić information content (AvgIpc) is 2.55. The molecule has 0 unspecified atom stereocenters. The van der Waals surface area contributed by atoms with Crippen LogP contribution in [0, 0.1) is 0 Å². The van der Waals surface area contributed by atoms with E-state index in [1.54, 1.807) is 4.90 Å². The van der Waals surface area contributed by atoms with E-state index < -0.39 is 0 Å². The Labute approximate surface area is 125 Å². The van der Waals surface area contributed by atoms with E-state index in [4.69, 9.17) is 0 Å². The summed E-state index contributed by atoms with van der Waals surface area (Å²) in [7, 11) is 0. The van der Waals surface area contributed by atoms with Gasteiger partial charge in [0.25, 0.3) is 5.91 Å². The van der Waals surface area contributed by atoms with E-state index in [1.807, 2.05) is 54.6 Å². The maximum absolute atomic E-state index is 12.6. The largest absolute Gasteiger partial charge is 0.395 e. The van der Waals surface area contributed by atoms with E-state index in [-0.39, 0.29) is 12.5 Å². The first-order valence-electron chi connectivity index (χ1n) is 7.27. The van der Waals surface area contributed by atoms with Crippen molar-refractivity contribution in [3.8, 4) is 0 Å². The maximum atomic E-state index is 12.6. The third-order valence-corrected chi connectivity index (χ3v) is 3.48. The van der Waals surface area contributed by atoms with Gasteiger partial charge < -0.3 is 10.0 Å².